The number of aromatic nitrogens is 1. The van der Waals surface area contributed by atoms with Crippen molar-refractivity contribution in [2.24, 2.45) is 17.3 Å². The van der Waals surface area contributed by atoms with Crippen LogP contribution in [-0.2, 0) is 9.59 Å². The second-order valence-electron chi connectivity index (χ2n) is 4.97. The summed E-state index contributed by atoms with van der Waals surface area (Å²) in [5.41, 5.74) is 0.00621. The number of carboxylic acid groups (broad SMARTS) is 1. The van der Waals surface area contributed by atoms with Gasteiger partial charge in [0.15, 0.2) is 0 Å². The Labute approximate surface area is 109 Å². The largest absolute Gasteiger partial charge is 0.481 e. The highest BCUT2D eigenvalue weighted by atomic mass is 35.5. The number of hydrogen-bond acceptors (Lipinski definition) is 3. The highest BCUT2D eigenvalue weighted by Gasteiger charge is 2.65. The van der Waals surface area contributed by atoms with Gasteiger partial charge < -0.3 is 10.4 Å². The van der Waals surface area contributed by atoms with Crippen LogP contribution in [0.25, 0.3) is 0 Å². The van der Waals surface area contributed by atoms with E-state index in [2.05, 4.69) is 10.3 Å². The van der Waals surface area contributed by atoms with Crippen LogP contribution in [-0.4, -0.2) is 22.0 Å². The van der Waals surface area contributed by atoms with Gasteiger partial charge in [-0.05, 0) is 17.5 Å². The lowest BCUT2D eigenvalue weighted by Crippen LogP contribution is -2.17. The van der Waals surface area contributed by atoms with Crippen molar-refractivity contribution >= 4 is 29.2 Å². The van der Waals surface area contributed by atoms with Gasteiger partial charge in [-0.3, -0.25) is 9.59 Å². The quantitative estimate of drug-likeness (QED) is 0.822. The molecule has 1 heterocycles. The molecule has 1 aromatic heterocycles. The van der Waals surface area contributed by atoms with E-state index in [1.165, 1.54) is 6.20 Å². The van der Waals surface area contributed by atoms with Gasteiger partial charge in [0.1, 0.15) is 5.15 Å². The number of nitrogens with one attached hydrogen (secondary N) is 1. The lowest BCUT2D eigenvalue weighted by Gasteiger charge is -2.05. The van der Waals surface area contributed by atoms with Gasteiger partial charge in [-0.25, -0.2) is 4.98 Å². The Morgan fingerprint density at radius 2 is 2.06 bits per heavy atom. The number of rotatable bonds is 3. The summed E-state index contributed by atoms with van der Waals surface area (Å²) in [5, 5.41) is 12.0. The molecule has 1 amide bonds. The molecule has 1 fully saturated rings. The zero-order valence-electron chi connectivity index (χ0n) is 9.98. The molecule has 5 nitrogen and oxygen atoms in total. The summed E-state index contributed by atoms with van der Waals surface area (Å²) in [4.78, 5) is 26.8. The van der Waals surface area contributed by atoms with Crippen LogP contribution in [0.2, 0.25) is 5.15 Å². The van der Waals surface area contributed by atoms with Gasteiger partial charge in [0.05, 0.1) is 23.7 Å². The molecule has 0 saturated heterocycles. The zero-order chi connectivity index (χ0) is 13.5. The van der Waals surface area contributed by atoms with Gasteiger partial charge in [-0.1, -0.05) is 25.4 Å². The maximum Gasteiger partial charge on any atom is 0.307 e. The predicted octanol–water partition coefficient (Wildman–Crippen LogP) is 2.03. The molecule has 96 valence electrons. The number of aliphatic carboxylic acids is 1. The number of carboxylic acids is 1. The molecule has 2 rings (SSSR count). The summed E-state index contributed by atoms with van der Waals surface area (Å²) >= 11 is 5.63. The van der Waals surface area contributed by atoms with Crippen LogP contribution < -0.4 is 5.32 Å². The Morgan fingerprint density at radius 3 is 2.50 bits per heavy atom. The Balaban J connectivity index is 2.06. The third-order valence-electron chi connectivity index (χ3n) is 3.37. The van der Waals surface area contributed by atoms with Crippen LogP contribution in [0.3, 0.4) is 0 Å². The topological polar surface area (TPSA) is 79.3 Å². The standard InChI is InChI=1S/C12H13ClN2O3/c1-12(2)8(9(12)11(17)18)10(16)15-6-3-4-7(13)14-5-6/h3-5,8-9H,1-2H3,(H,15,16)(H,17,18)/t8-,9-/m1/s1. The molecule has 0 spiro atoms. The van der Waals surface area contributed by atoms with Gasteiger partial charge in [-0.2, -0.15) is 0 Å². The minimum Gasteiger partial charge on any atom is -0.481 e. The number of anilines is 1. The molecule has 0 radical (unpaired) electrons. The van der Waals surface area contributed by atoms with E-state index in [-0.39, 0.29) is 5.91 Å². The minimum atomic E-state index is -0.936. The first-order valence-corrected chi connectivity index (χ1v) is 5.87. The highest BCUT2D eigenvalue weighted by Crippen LogP contribution is 2.58. The van der Waals surface area contributed by atoms with E-state index in [4.69, 9.17) is 16.7 Å². The second kappa shape index (κ2) is 4.24. The second-order valence-corrected chi connectivity index (χ2v) is 5.36. The van der Waals surface area contributed by atoms with E-state index in [1.54, 1.807) is 26.0 Å². The maximum atomic E-state index is 12.0. The van der Waals surface area contributed by atoms with Gasteiger partial charge in [0.25, 0.3) is 0 Å². The Kier molecular flexibility index (Phi) is 3.02. The monoisotopic (exact) mass is 268 g/mol. The minimum absolute atomic E-state index is 0.295. The fourth-order valence-corrected chi connectivity index (χ4v) is 2.37. The van der Waals surface area contributed by atoms with Crippen LogP contribution >= 0.6 is 11.6 Å². The SMILES string of the molecule is CC1(C)[C@@H](C(=O)O)[C@@H]1C(=O)Nc1ccc(Cl)nc1. The van der Waals surface area contributed by atoms with Crippen LogP contribution in [0, 0.1) is 17.3 Å². The van der Waals surface area contributed by atoms with Crippen molar-refractivity contribution in [1.29, 1.82) is 0 Å². The number of hydrogen-bond donors (Lipinski definition) is 2. The number of halogens is 1. The van der Waals surface area contributed by atoms with E-state index in [0.29, 0.717) is 10.8 Å². The van der Waals surface area contributed by atoms with Crippen molar-refractivity contribution in [3.05, 3.63) is 23.5 Å². The first-order chi connectivity index (χ1) is 8.34. The molecule has 0 bridgehead atoms. The summed E-state index contributed by atoms with van der Waals surface area (Å²) in [5.74, 6) is -2.37. The molecule has 2 N–H and O–H groups in total. The predicted molar refractivity (Wildman–Crippen MR) is 66.3 cm³/mol. The van der Waals surface area contributed by atoms with Gasteiger partial charge in [0.2, 0.25) is 5.91 Å². The van der Waals surface area contributed by atoms with Crippen LogP contribution in [0.5, 0.6) is 0 Å². The van der Waals surface area contributed by atoms with E-state index in [9.17, 15) is 9.59 Å². The molecule has 0 aliphatic heterocycles. The van der Waals surface area contributed by atoms with E-state index in [0.717, 1.165) is 0 Å². The summed E-state index contributed by atoms with van der Waals surface area (Å²) in [6.45, 7) is 3.55. The molecule has 6 heteroatoms. The zero-order valence-corrected chi connectivity index (χ0v) is 10.7. The van der Waals surface area contributed by atoms with Crippen molar-refractivity contribution in [1.82, 2.24) is 4.98 Å². The van der Waals surface area contributed by atoms with E-state index < -0.39 is 23.2 Å². The van der Waals surface area contributed by atoms with Gasteiger partial charge in [0, 0.05) is 0 Å². The number of nitrogens with zero attached hydrogens (tertiary/aromatic N) is 1. The lowest BCUT2D eigenvalue weighted by molar-refractivity contribution is -0.140. The van der Waals surface area contributed by atoms with Crippen molar-refractivity contribution in [3.8, 4) is 0 Å². The third kappa shape index (κ3) is 2.18. The fourth-order valence-electron chi connectivity index (χ4n) is 2.26. The first kappa shape index (κ1) is 12.8. The molecule has 0 unspecified atom stereocenters. The summed E-state index contributed by atoms with van der Waals surface area (Å²) in [6, 6.07) is 3.18. The van der Waals surface area contributed by atoms with Gasteiger partial charge >= 0.3 is 5.97 Å². The molecule has 1 aliphatic carbocycles. The summed E-state index contributed by atoms with van der Waals surface area (Å²) < 4.78 is 0. The number of carbonyl (C=O) groups excluding carboxylic acids is 1. The number of carbonyl (C=O) groups is 2. The highest BCUT2D eigenvalue weighted by molar-refractivity contribution is 6.29. The van der Waals surface area contributed by atoms with Gasteiger partial charge in [-0.15, -0.1) is 0 Å². The summed E-state index contributed by atoms with van der Waals surface area (Å²) in [6.07, 6.45) is 1.44. The smallest absolute Gasteiger partial charge is 0.307 e. The molecule has 1 aliphatic rings. The van der Waals surface area contributed by atoms with Crippen molar-refractivity contribution < 1.29 is 14.7 Å². The number of amides is 1. The third-order valence-corrected chi connectivity index (χ3v) is 3.59. The fraction of sp³-hybridized carbons (Fsp3) is 0.417. The lowest BCUT2D eigenvalue weighted by atomic mass is 10.1. The molecule has 1 saturated carbocycles. The summed E-state index contributed by atoms with van der Waals surface area (Å²) in [7, 11) is 0. The molecule has 2 atom stereocenters. The van der Waals surface area contributed by atoms with Crippen LogP contribution in [0.4, 0.5) is 5.69 Å². The van der Waals surface area contributed by atoms with Crippen molar-refractivity contribution in [3.63, 3.8) is 0 Å². The first-order valence-electron chi connectivity index (χ1n) is 5.49. The normalized spacial score (nSPS) is 24.4. The van der Waals surface area contributed by atoms with Crippen molar-refractivity contribution in [2.45, 2.75) is 13.8 Å². The molecule has 0 aromatic carbocycles. The Bertz CT molecular complexity index is 499. The van der Waals surface area contributed by atoms with Crippen LogP contribution in [0.1, 0.15) is 13.8 Å². The van der Waals surface area contributed by atoms with Crippen molar-refractivity contribution in [2.75, 3.05) is 5.32 Å². The van der Waals surface area contributed by atoms with E-state index in [1.807, 2.05) is 0 Å². The molecular formula is C12H13ClN2O3. The molecular weight excluding hydrogens is 256 g/mol. The molecule has 18 heavy (non-hydrogen) atoms. The average molecular weight is 269 g/mol. The Morgan fingerprint density at radius 1 is 1.39 bits per heavy atom. The maximum absolute atomic E-state index is 12.0. The van der Waals surface area contributed by atoms with Crippen LogP contribution in [0.15, 0.2) is 18.3 Å². The molecule has 1 aromatic rings. The number of pyridine rings is 1. The van der Waals surface area contributed by atoms with E-state index >= 15 is 0 Å². The average Bonchev–Trinajstić information content (AvgIpc) is 2.85. The Hall–Kier alpha value is -1.62.